The fourth-order valence-electron chi connectivity index (χ4n) is 6.19. The van der Waals surface area contributed by atoms with E-state index in [-0.39, 0.29) is 11.3 Å². The minimum Gasteiger partial charge on any atom is -0.494 e. The topological polar surface area (TPSA) is 48.1 Å². The summed E-state index contributed by atoms with van der Waals surface area (Å²) >= 11 is 0. The Morgan fingerprint density at radius 3 is 1.74 bits per heavy atom. The third-order valence-corrected chi connectivity index (χ3v) is 10.7. The van der Waals surface area contributed by atoms with Gasteiger partial charge in [-0.05, 0) is 24.6 Å². The Morgan fingerprint density at radius 2 is 1.29 bits per heavy atom. The SMILES string of the molecule is CCOc1ccc([C@H](NC23CN4CN(CN(C4)C2)C3)P(=O)(c2ccccc2)c2ccccc2)cc1. The van der Waals surface area contributed by atoms with Crippen LogP contribution >= 0.6 is 7.14 Å². The lowest BCUT2D eigenvalue weighted by atomic mass is 9.90. The van der Waals surface area contributed by atoms with Crippen molar-refractivity contribution in [1.29, 1.82) is 0 Å². The van der Waals surface area contributed by atoms with Crippen molar-refractivity contribution in [1.82, 2.24) is 20.0 Å². The van der Waals surface area contributed by atoms with Crippen LogP contribution in [-0.2, 0) is 4.57 Å². The van der Waals surface area contributed by atoms with Crippen LogP contribution in [0.15, 0.2) is 84.9 Å². The van der Waals surface area contributed by atoms with Gasteiger partial charge in [0, 0.05) is 30.2 Å². The van der Waals surface area contributed by atoms with E-state index in [1.54, 1.807) is 0 Å². The van der Waals surface area contributed by atoms with Crippen molar-refractivity contribution < 1.29 is 9.30 Å². The van der Waals surface area contributed by atoms with E-state index in [0.717, 1.165) is 61.6 Å². The van der Waals surface area contributed by atoms with E-state index in [9.17, 15) is 0 Å². The van der Waals surface area contributed by atoms with E-state index in [4.69, 9.17) is 4.74 Å². The summed E-state index contributed by atoms with van der Waals surface area (Å²) in [4.78, 5) is 7.48. The molecule has 7 rings (SSSR count). The van der Waals surface area contributed by atoms with Gasteiger partial charge in [-0.15, -0.1) is 0 Å². The molecule has 0 spiro atoms. The summed E-state index contributed by atoms with van der Waals surface area (Å²) < 4.78 is 21.2. The van der Waals surface area contributed by atoms with Gasteiger partial charge in [-0.3, -0.25) is 20.0 Å². The van der Waals surface area contributed by atoms with Crippen LogP contribution in [0.3, 0.4) is 0 Å². The van der Waals surface area contributed by atoms with Gasteiger partial charge in [0.1, 0.15) is 5.75 Å². The molecule has 1 N–H and O–H groups in total. The molecule has 0 aromatic heterocycles. The zero-order chi connectivity index (χ0) is 23.9. The third kappa shape index (κ3) is 4.24. The molecule has 0 saturated carbocycles. The third-order valence-electron chi connectivity index (χ3n) is 7.37. The van der Waals surface area contributed by atoms with Crippen LogP contribution < -0.4 is 20.7 Å². The van der Waals surface area contributed by atoms with Crippen LogP contribution in [0.1, 0.15) is 18.3 Å². The average molecular weight is 489 g/mol. The quantitative estimate of drug-likeness (QED) is 0.492. The highest BCUT2D eigenvalue weighted by Crippen LogP contribution is 2.57. The van der Waals surface area contributed by atoms with Crippen LogP contribution in [-0.4, -0.2) is 66.5 Å². The van der Waals surface area contributed by atoms with E-state index in [0.29, 0.717) is 6.61 Å². The van der Waals surface area contributed by atoms with Crippen molar-refractivity contribution in [3.63, 3.8) is 0 Å². The monoisotopic (exact) mass is 488 g/mol. The maximum atomic E-state index is 15.5. The molecule has 6 nitrogen and oxygen atoms in total. The predicted molar refractivity (Wildman–Crippen MR) is 141 cm³/mol. The zero-order valence-corrected chi connectivity index (χ0v) is 21.1. The van der Waals surface area contributed by atoms with Gasteiger partial charge in [-0.1, -0.05) is 72.8 Å². The van der Waals surface area contributed by atoms with Crippen molar-refractivity contribution in [2.45, 2.75) is 18.2 Å². The largest absolute Gasteiger partial charge is 0.494 e. The highest BCUT2D eigenvalue weighted by atomic mass is 31.2. The summed E-state index contributed by atoms with van der Waals surface area (Å²) in [6.45, 7) is 8.57. The summed E-state index contributed by atoms with van der Waals surface area (Å²) in [6, 6.07) is 28.2. The predicted octanol–water partition coefficient (Wildman–Crippen LogP) is 3.25. The summed E-state index contributed by atoms with van der Waals surface area (Å²) in [5.74, 6) is 0.477. The van der Waals surface area contributed by atoms with Crippen molar-refractivity contribution in [3.05, 3.63) is 90.5 Å². The first kappa shape index (κ1) is 23.0. The normalized spacial score (nSPS) is 28.1. The summed E-state index contributed by atoms with van der Waals surface area (Å²) in [7, 11) is -3.12. The number of rotatable bonds is 8. The molecule has 4 aliphatic heterocycles. The Balaban J connectivity index is 1.48. The molecule has 0 unspecified atom stereocenters. The van der Waals surface area contributed by atoms with Crippen LogP contribution in [0.2, 0.25) is 0 Å². The van der Waals surface area contributed by atoms with Crippen molar-refractivity contribution in [2.75, 3.05) is 46.2 Å². The first-order valence-electron chi connectivity index (χ1n) is 12.5. The molecule has 3 aromatic rings. The van der Waals surface area contributed by atoms with E-state index in [1.807, 2.05) is 79.7 Å². The standard InChI is InChI=1S/C28H33N4O2P/c1-2-34-24-15-13-23(14-16-24)27(29-28-17-30-20-31(18-28)22-32(19-28)21-30)35(33,25-9-5-3-6-10-25)26-11-7-4-8-12-26/h3-16,27,29H,2,17-22H2,1H3/t27-/m1/s1. The minimum atomic E-state index is -3.12. The van der Waals surface area contributed by atoms with Gasteiger partial charge in [0.25, 0.3) is 0 Å². The van der Waals surface area contributed by atoms with Crippen LogP contribution in [0.4, 0.5) is 0 Å². The number of hydrogen-bond acceptors (Lipinski definition) is 6. The second-order valence-corrected chi connectivity index (χ2v) is 12.9. The Kier molecular flexibility index (Phi) is 6.03. The fraction of sp³-hybridized carbons (Fsp3) is 0.357. The number of hydrogen-bond donors (Lipinski definition) is 1. The highest BCUT2D eigenvalue weighted by Gasteiger charge is 2.51. The molecule has 4 heterocycles. The fourth-order valence-corrected chi connectivity index (χ4v) is 9.36. The van der Waals surface area contributed by atoms with Gasteiger partial charge >= 0.3 is 0 Å². The molecular formula is C28H33N4O2P. The van der Waals surface area contributed by atoms with Crippen LogP contribution in [0.5, 0.6) is 5.75 Å². The van der Waals surface area contributed by atoms with Gasteiger partial charge in [0.15, 0.2) is 7.14 Å². The smallest absolute Gasteiger partial charge is 0.163 e. The zero-order valence-electron chi connectivity index (χ0n) is 20.2. The summed E-state index contributed by atoms with van der Waals surface area (Å²) in [6.07, 6.45) is 0. The Morgan fingerprint density at radius 1 is 0.800 bits per heavy atom. The average Bonchev–Trinajstić information content (AvgIpc) is 2.88. The Hall–Kier alpha value is -2.47. The maximum Gasteiger partial charge on any atom is 0.163 e. The molecule has 182 valence electrons. The van der Waals surface area contributed by atoms with Gasteiger partial charge in [-0.2, -0.15) is 0 Å². The number of ether oxygens (including phenoxy) is 1. The Labute approximate surface area is 207 Å². The number of nitrogens with one attached hydrogen (secondary N) is 1. The van der Waals surface area contributed by atoms with Gasteiger partial charge in [0.05, 0.1) is 37.9 Å². The lowest BCUT2D eigenvalue weighted by molar-refractivity contribution is -0.150. The van der Waals surface area contributed by atoms with E-state index < -0.39 is 7.14 Å². The van der Waals surface area contributed by atoms with E-state index in [2.05, 4.69) is 32.1 Å². The lowest BCUT2D eigenvalue weighted by Gasteiger charge is -2.61. The molecule has 4 fully saturated rings. The van der Waals surface area contributed by atoms with Crippen molar-refractivity contribution in [2.24, 2.45) is 0 Å². The molecule has 0 radical (unpaired) electrons. The maximum absolute atomic E-state index is 15.5. The summed E-state index contributed by atoms with van der Waals surface area (Å²) in [5, 5.41) is 5.79. The first-order chi connectivity index (χ1) is 17.1. The number of benzene rings is 3. The number of nitrogens with zero attached hydrogens (tertiary/aromatic N) is 3. The molecule has 3 aromatic carbocycles. The first-order valence-corrected chi connectivity index (χ1v) is 14.2. The Bertz CT molecular complexity index is 1120. The van der Waals surface area contributed by atoms with Gasteiger partial charge in [-0.25, -0.2) is 0 Å². The van der Waals surface area contributed by atoms with Crippen LogP contribution in [0, 0.1) is 0 Å². The molecule has 7 heteroatoms. The molecule has 0 amide bonds. The molecule has 0 aliphatic carbocycles. The lowest BCUT2D eigenvalue weighted by Crippen LogP contribution is -2.79. The minimum absolute atomic E-state index is 0.142. The van der Waals surface area contributed by atoms with Gasteiger partial charge in [0.2, 0.25) is 0 Å². The molecule has 4 saturated heterocycles. The van der Waals surface area contributed by atoms with E-state index in [1.165, 1.54) is 0 Å². The second-order valence-electron chi connectivity index (χ2n) is 10.1. The van der Waals surface area contributed by atoms with Gasteiger partial charge < -0.3 is 9.30 Å². The molecular weight excluding hydrogens is 455 g/mol. The molecule has 4 bridgehead atoms. The molecule has 1 atom stereocenters. The molecule has 35 heavy (non-hydrogen) atoms. The van der Waals surface area contributed by atoms with Crippen LogP contribution in [0.25, 0.3) is 0 Å². The molecule has 4 aliphatic rings. The second kappa shape index (κ2) is 9.20. The summed E-state index contributed by atoms with van der Waals surface area (Å²) in [5.41, 5.74) is 0.886. The highest BCUT2D eigenvalue weighted by molar-refractivity contribution is 7.79. The van der Waals surface area contributed by atoms with Crippen molar-refractivity contribution >= 4 is 17.8 Å². The van der Waals surface area contributed by atoms with E-state index >= 15 is 4.57 Å². The van der Waals surface area contributed by atoms with Crippen molar-refractivity contribution in [3.8, 4) is 5.75 Å².